The van der Waals surface area contributed by atoms with Crippen LogP contribution in [0.5, 0.6) is 0 Å². The molecule has 15 heavy (non-hydrogen) atoms. The van der Waals surface area contributed by atoms with Crippen molar-refractivity contribution in [2.24, 2.45) is 0 Å². The molecule has 0 radical (unpaired) electrons. The SMILES string of the molecule is CCCN(CCO)C(=O)C1(C)CCCO1. The summed E-state index contributed by atoms with van der Waals surface area (Å²) < 4.78 is 5.50. The van der Waals surface area contributed by atoms with E-state index in [4.69, 9.17) is 9.84 Å². The number of carbonyl (C=O) groups is 1. The maximum atomic E-state index is 12.1. The summed E-state index contributed by atoms with van der Waals surface area (Å²) in [6.45, 7) is 5.66. The van der Waals surface area contributed by atoms with Gasteiger partial charge in [-0.25, -0.2) is 0 Å². The lowest BCUT2D eigenvalue weighted by Crippen LogP contribution is -2.48. The quantitative estimate of drug-likeness (QED) is 0.737. The van der Waals surface area contributed by atoms with E-state index in [1.807, 2.05) is 13.8 Å². The minimum Gasteiger partial charge on any atom is -0.395 e. The summed E-state index contributed by atoms with van der Waals surface area (Å²) in [4.78, 5) is 13.8. The van der Waals surface area contributed by atoms with E-state index in [0.29, 0.717) is 19.7 Å². The van der Waals surface area contributed by atoms with Gasteiger partial charge in [-0.1, -0.05) is 6.92 Å². The van der Waals surface area contributed by atoms with Gasteiger partial charge in [0.25, 0.3) is 5.91 Å². The average molecular weight is 215 g/mol. The summed E-state index contributed by atoms with van der Waals surface area (Å²) in [6.07, 6.45) is 2.64. The fourth-order valence-electron chi connectivity index (χ4n) is 1.99. The molecule has 1 unspecified atom stereocenters. The van der Waals surface area contributed by atoms with E-state index in [-0.39, 0.29) is 12.5 Å². The second-order valence-corrected chi connectivity index (χ2v) is 4.20. The smallest absolute Gasteiger partial charge is 0.254 e. The topological polar surface area (TPSA) is 49.8 Å². The van der Waals surface area contributed by atoms with Crippen LogP contribution in [0.4, 0.5) is 0 Å². The molecule has 4 heteroatoms. The molecule has 1 rings (SSSR count). The molecule has 0 spiro atoms. The molecule has 1 amide bonds. The summed E-state index contributed by atoms with van der Waals surface area (Å²) >= 11 is 0. The van der Waals surface area contributed by atoms with Crippen LogP contribution in [0.2, 0.25) is 0 Å². The fourth-order valence-corrected chi connectivity index (χ4v) is 1.99. The Morgan fingerprint density at radius 1 is 1.53 bits per heavy atom. The van der Waals surface area contributed by atoms with E-state index in [1.165, 1.54) is 0 Å². The maximum absolute atomic E-state index is 12.1. The van der Waals surface area contributed by atoms with Crippen molar-refractivity contribution in [1.82, 2.24) is 4.90 Å². The highest BCUT2D eigenvalue weighted by atomic mass is 16.5. The molecule has 0 aromatic carbocycles. The second kappa shape index (κ2) is 5.47. The number of aliphatic hydroxyl groups is 1. The number of rotatable bonds is 5. The van der Waals surface area contributed by atoms with Crippen LogP contribution in [0.3, 0.4) is 0 Å². The Balaban J connectivity index is 2.61. The van der Waals surface area contributed by atoms with Crippen LogP contribution >= 0.6 is 0 Å². The first-order valence-corrected chi connectivity index (χ1v) is 5.68. The number of hydrogen-bond donors (Lipinski definition) is 1. The molecular weight excluding hydrogens is 194 g/mol. The lowest BCUT2D eigenvalue weighted by molar-refractivity contribution is -0.151. The summed E-state index contributed by atoms with van der Waals surface area (Å²) in [5.74, 6) is 0.0240. The monoisotopic (exact) mass is 215 g/mol. The lowest BCUT2D eigenvalue weighted by atomic mass is 10.0. The molecule has 1 N–H and O–H groups in total. The van der Waals surface area contributed by atoms with E-state index < -0.39 is 5.60 Å². The number of amides is 1. The number of aliphatic hydroxyl groups excluding tert-OH is 1. The van der Waals surface area contributed by atoms with Gasteiger partial charge in [0.05, 0.1) is 6.61 Å². The Labute approximate surface area is 91.2 Å². The summed E-state index contributed by atoms with van der Waals surface area (Å²) in [5, 5.41) is 8.90. The minimum absolute atomic E-state index is 0.0157. The van der Waals surface area contributed by atoms with Crippen molar-refractivity contribution in [3.8, 4) is 0 Å². The van der Waals surface area contributed by atoms with Crippen LogP contribution in [0.1, 0.15) is 33.1 Å². The van der Waals surface area contributed by atoms with Gasteiger partial charge >= 0.3 is 0 Å². The van der Waals surface area contributed by atoms with Crippen LogP contribution in [0.25, 0.3) is 0 Å². The number of nitrogens with zero attached hydrogens (tertiary/aromatic N) is 1. The number of hydrogen-bond acceptors (Lipinski definition) is 3. The van der Waals surface area contributed by atoms with Crippen LogP contribution in [0, 0.1) is 0 Å². The largest absolute Gasteiger partial charge is 0.395 e. The normalized spacial score (nSPS) is 25.5. The molecular formula is C11H21NO3. The molecule has 0 aromatic heterocycles. The van der Waals surface area contributed by atoms with Gasteiger partial charge in [0, 0.05) is 19.7 Å². The fraction of sp³-hybridized carbons (Fsp3) is 0.909. The van der Waals surface area contributed by atoms with Crippen LogP contribution in [0.15, 0.2) is 0 Å². The average Bonchev–Trinajstić information content (AvgIpc) is 2.65. The van der Waals surface area contributed by atoms with Crippen LogP contribution < -0.4 is 0 Å². The van der Waals surface area contributed by atoms with Gasteiger partial charge in [0.15, 0.2) is 0 Å². The van der Waals surface area contributed by atoms with Gasteiger partial charge in [0.2, 0.25) is 0 Å². The zero-order chi connectivity index (χ0) is 11.3. The first-order chi connectivity index (χ1) is 7.14. The standard InChI is InChI=1S/C11H21NO3/c1-3-6-12(7-8-13)10(14)11(2)5-4-9-15-11/h13H,3-9H2,1-2H3. The molecule has 0 aromatic rings. The first kappa shape index (κ1) is 12.5. The molecule has 1 atom stereocenters. The van der Waals surface area contributed by atoms with Crippen molar-refractivity contribution in [1.29, 1.82) is 0 Å². The molecule has 1 aliphatic rings. The number of ether oxygens (including phenoxy) is 1. The zero-order valence-corrected chi connectivity index (χ0v) is 9.66. The van der Waals surface area contributed by atoms with Crippen molar-refractivity contribution in [2.75, 3.05) is 26.3 Å². The summed E-state index contributed by atoms with van der Waals surface area (Å²) in [5.41, 5.74) is -0.648. The lowest BCUT2D eigenvalue weighted by Gasteiger charge is -2.30. The molecule has 0 saturated carbocycles. The van der Waals surface area contributed by atoms with Gasteiger partial charge in [-0.15, -0.1) is 0 Å². The Morgan fingerprint density at radius 2 is 2.27 bits per heavy atom. The molecule has 88 valence electrons. The highest BCUT2D eigenvalue weighted by Gasteiger charge is 2.40. The van der Waals surface area contributed by atoms with Crippen LogP contribution in [-0.2, 0) is 9.53 Å². The first-order valence-electron chi connectivity index (χ1n) is 5.68. The Morgan fingerprint density at radius 3 is 2.73 bits per heavy atom. The summed E-state index contributed by atoms with van der Waals surface area (Å²) in [7, 11) is 0. The van der Waals surface area contributed by atoms with Crippen molar-refractivity contribution in [3.05, 3.63) is 0 Å². The molecule has 0 aliphatic carbocycles. The third kappa shape index (κ3) is 2.92. The molecule has 1 aliphatic heterocycles. The molecule has 0 bridgehead atoms. The third-order valence-corrected chi connectivity index (χ3v) is 2.82. The highest BCUT2D eigenvalue weighted by Crippen LogP contribution is 2.27. The van der Waals surface area contributed by atoms with Gasteiger partial charge in [-0.05, 0) is 26.2 Å². The Hall–Kier alpha value is -0.610. The van der Waals surface area contributed by atoms with Gasteiger partial charge in [-0.3, -0.25) is 4.79 Å². The van der Waals surface area contributed by atoms with Crippen molar-refractivity contribution >= 4 is 5.91 Å². The van der Waals surface area contributed by atoms with Crippen molar-refractivity contribution < 1.29 is 14.6 Å². The molecule has 1 fully saturated rings. The van der Waals surface area contributed by atoms with E-state index in [1.54, 1.807) is 4.90 Å². The zero-order valence-electron chi connectivity index (χ0n) is 9.66. The van der Waals surface area contributed by atoms with E-state index >= 15 is 0 Å². The van der Waals surface area contributed by atoms with Crippen molar-refractivity contribution in [2.45, 2.75) is 38.7 Å². The number of carbonyl (C=O) groups excluding carboxylic acids is 1. The molecule has 1 saturated heterocycles. The predicted molar refractivity (Wildman–Crippen MR) is 57.5 cm³/mol. The van der Waals surface area contributed by atoms with E-state index in [9.17, 15) is 4.79 Å². The predicted octanol–water partition coefficient (Wildman–Crippen LogP) is 0.786. The highest BCUT2D eigenvalue weighted by molar-refractivity contribution is 5.85. The third-order valence-electron chi connectivity index (χ3n) is 2.82. The minimum atomic E-state index is -0.648. The van der Waals surface area contributed by atoms with Gasteiger partial charge < -0.3 is 14.7 Å². The second-order valence-electron chi connectivity index (χ2n) is 4.20. The van der Waals surface area contributed by atoms with Crippen molar-refractivity contribution in [3.63, 3.8) is 0 Å². The summed E-state index contributed by atoms with van der Waals surface area (Å²) in [6, 6.07) is 0. The maximum Gasteiger partial charge on any atom is 0.254 e. The van der Waals surface area contributed by atoms with E-state index in [2.05, 4.69) is 0 Å². The molecule has 4 nitrogen and oxygen atoms in total. The Bertz CT molecular complexity index is 206. The van der Waals surface area contributed by atoms with Crippen LogP contribution in [-0.4, -0.2) is 47.8 Å². The Kier molecular flexibility index (Phi) is 4.54. The van der Waals surface area contributed by atoms with Gasteiger partial charge in [0.1, 0.15) is 5.60 Å². The molecule has 1 heterocycles. The van der Waals surface area contributed by atoms with E-state index in [0.717, 1.165) is 19.3 Å². The van der Waals surface area contributed by atoms with Gasteiger partial charge in [-0.2, -0.15) is 0 Å².